The molecule has 2 atom stereocenters. The average molecular weight is 394 g/mol. The topological polar surface area (TPSA) is 68.3 Å². The van der Waals surface area contributed by atoms with Crippen LogP contribution in [0.15, 0.2) is 66.0 Å². The van der Waals surface area contributed by atoms with Crippen molar-refractivity contribution < 1.29 is 14.3 Å². The van der Waals surface area contributed by atoms with Crippen LogP contribution in [0.3, 0.4) is 0 Å². The van der Waals surface area contributed by atoms with Crippen LogP contribution in [0, 0.1) is 0 Å². The molecule has 2 aromatic carbocycles. The van der Waals surface area contributed by atoms with Crippen molar-refractivity contribution in [1.82, 2.24) is 10.3 Å². The fourth-order valence-electron chi connectivity index (χ4n) is 2.65. The van der Waals surface area contributed by atoms with Gasteiger partial charge in [0.25, 0.3) is 5.91 Å². The van der Waals surface area contributed by atoms with Crippen LogP contribution in [0.2, 0.25) is 0 Å². The molecule has 1 N–H and O–H groups in total. The Morgan fingerprint density at radius 1 is 1.04 bits per heavy atom. The van der Waals surface area contributed by atoms with Gasteiger partial charge in [-0.3, -0.25) is 4.79 Å². The summed E-state index contributed by atoms with van der Waals surface area (Å²) in [6.45, 7) is 4.07. The number of carbonyl (C=O) groups excluding carboxylic acids is 2. The van der Waals surface area contributed by atoms with E-state index in [1.807, 2.05) is 67.6 Å². The number of esters is 1. The van der Waals surface area contributed by atoms with E-state index in [1.54, 1.807) is 12.3 Å². The molecule has 0 fully saturated rings. The molecule has 3 rings (SSSR count). The summed E-state index contributed by atoms with van der Waals surface area (Å²) < 4.78 is 5.28. The summed E-state index contributed by atoms with van der Waals surface area (Å²) >= 11 is 1.37. The second-order valence-electron chi connectivity index (χ2n) is 6.51. The van der Waals surface area contributed by atoms with Crippen molar-refractivity contribution >= 4 is 23.2 Å². The van der Waals surface area contributed by atoms with Crippen molar-refractivity contribution in [2.24, 2.45) is 0 Å². The largest absolute Gasteiger partial charge is 0.448 e. The molecule has 0 spiro atoms. The average Bonchev–Trinajstić information content (AvgIpc) is 3.23. The molecule has 0 radical (unpaired) electrons. The van der Waals surface area contributed by atoms with Gasteiger partial charge in [-0.05, 0) is 18.4 Å². The van der Waals surface area contributed by atoms with Crippen LogP contribution in [0.5, 0.6) is 0 Å². The summed E-state index contributed by atoms with van der Waals surface area (Å²) in [7, 11) is 0. The maximum atomic E-state index is 12.3. The first kappa shape index (κ1) is 19.8. The first-order valence-electron chi connectivity index (χ1n) is 9.09. The van der Waals surface area contributed by atoms with Crippen LogP contribution in [0.4, 0.5) is 0 Å². The number of rotatable bonds is 7. The molecule has 6 heteroatoms. The van der Waals surface area contributed by atoms with Crippen molar-refractivity contribution in [3.8, 4) is 10.6 Å². The molecular formula is C22H22N2O3S. The minimum absolute atomic E-state index is 0.167. The number of nitrogens with one attached hydrogen (secondary N) is 1. The molecule has 144 valence electrons. The Kier molecular flexibility index (Phi) is 6.55. The Bertz CT molecular complexity index is 925. The van der Waals surface area contributed by atoms with Gasteiger partial charge in [-0.15, -0.1) is 11.3 Å². The molecule has 0 unspecified atom stereocenters. The number of hydrogen-bond acceptors (Lipinski definition) is 5. The smallest absolute Gasteiger partial charge is 0.358 e. The van der Waals surface area contributed by atoms with E-state index in [1.165, 1.54) is 11.3 Å². The number of aromatic nitrogens is 1. The van der Waals surface area contributed by atoms with Crippen molar-refractivity contribution in [1.29, 1.82) is 0 Å². The second kappa shape index (κ2) is 9.28. The molecule has 1 aromatic heterocycles. The van der Waals surface area contributed by atoms with E-state index in [0.717, 1.165) is 16.1 Å². The zero-order valence-electron chi connectivity index (χ0n) is 15.8. The van der Waals surface area contributed by atoms with Crippen LogP contribution < -0.4 is 5.32 Å². The third-order valence-electron chi connectivity index (χ3n) is 4.34. The van der Waals surface area contributed by atoms with Crippen LogP contribution in [0.25, 0.3) is 10.6 Å². The summed E-state index contributed by atoms with van der Waals surface area (Å²) in [5.41, 5.74) is 2.29. The lowest BCUT2D eigenvalue weighted by molar-refractivity contribution is -0.129. The first-order chi connectivity index (χ1) is 13.5. The van der Waals surface area contributed by atoms with Gasteiger partial charge in [0.05, 0.1) is 0 Å². The summed E-state index contributed by atoms with van der Waals surface area (Å²) in [4.78, 5) is 28.9. The molecule has 3 aromatic rings. The number of benzene rings is 2. The number of thiazole rings is 1. The molecule has 0 saturated heterocycles. The van der Waals surface area contributed by atoms with Gasteiger partial charge in [0.2, 0.25) is 0 Å². The summed E-state index contributed by atoms with van der Waals surface area (Å²) in [6.07, 6.45) is -0.891. The van der Waals surface area contributed by atoms with E-state index in [4.69, 9.17) is 4.74 Å². The third-order valence-corrected chi connectivity index (χ3v) is 5.23. The van der Waals surface area contributed by atoms with Crippen molar-refractivity contribution in [2.45, 2.75) is 25.9 Å². The molecule has 0 saturated carbocycles. The molecule has 0 aliphatic heterocycles. The monoisotopic (exact) mass is 394 g/mol. The number of ether oxygens (including phenoxy) is 1. The first-order valence-corrected chi connectivity index (χ1v) is 9.97. The van der Waals surface area contributed by atoms with E-state index in [0.29, 0.717) is 6.54 Å². The van der Waals surface area contributed by atoms with Crippen LogP contribution in [0.1, 0.15) is 35.8 Å². The molecule has 0 bridgehead atoms. The predicted molar refractivity (Wildman–Crippen MR) is 110 cm³/mol. The number of nitrogens with zero attached hydrogens (tertiary/aromatic N) is 1. The summed E-state index contributed by atoms with van der Waals surface area (Å²) in [5, 5.41) is 5.22. The number of hydrogen-bond donors (Lipinski definition) is 1. The van der Waals surface area contributed by atoms with Gasteiger partial charge in [-0.2, -0.15) is 0 Å². The minimum atomic E-state index is -0.891. The SMILES string of the molecule is C[C@H](OC(=O)c1csc(-c2ccccc2)n1)C(=O)NC[C@H](C)c1ccccc1. The fourth-order valence-corrected chi connectivity index (χ4v) is 3.45. The molecule has 5 nitrogen and oxygen atoms in total. The van der Waals surface area contributed by atoms with Crippen molar-refractivity contribution in [3.05, 3.63) is 77.3 Å². The highest BCUT2D eigenvalue weighted by Crippen LogP contribution is 2.23. The zero-order valence-corrected chi connectivity index (χ0v) is 16.6. The molecule has 1 heterocycles. The van der Waals surface area contributed by atoms with E-state index in [-0.39, 0.29) is 17.5 Å². The Morgan fingerprint density at radius 3 is 2.36 bits per heavy atom. The van der Waals surface area contributed by atoms with Gasteiger partial charge in [0, 0.05) is 17.5 Å². The quantitative estimate of drug-likeness (QED) is 0.608. The molecule has 0 aliphatic rings. The Hall–Kier alpha value is -2.99. The van der Waals surface area contributed by atoms with Gasteiger partial charge < -0.3 is 10.1 Å². The minimum Gasteiger partial charge on any atom is -0.448 e. The van der Waals surface area contributed by atoms with Crippen LogP contribution in [-0.2, 0) is 9.53 Å². The Morgan fingerprint density at radius 2 is 1.68 bits per heavy atom. The maximum Gasteiger partial charge on any atom is 0.358 e. The highest BCUT2D eigenvalue weighted by molar-refractivity contribution is 7.13. The van der Waals surface area contributed by atoms with E-state index in [9.17, 15) is 9.59 Å². The van der Waals surface area contributed by atoms with E-state index < -0.39 is 12.1 Å². The van der Waals surface area contributed by atoms with Gasteiger partial charge in [-0.1, -0.05) is 67.6 Å². The predicted octanol–water partition coefficient (Wildman–Crippen LogP) is 4.28. The van der Waals surface area contributed by atoms with Crippen molar-refractivity contribution in [3.63, 3.8) is 0 Å². The number of amides is 1. The maximum absolute atomic E-state index is 12.3. The molecular weight excluding hydrogens is 372 g/mol. The standard InChI is InChI=1S/C22H22N2O3S/c1-15(17-9-5-3-6-10-17)13-23-20(25)16(2)27-22(26)19-14-28-21(24-19)18-11-7-4-8-12-18/h3-12,14-16H,13H2,1-2H3,(H,23,25)/t15-,16-/m0/s1. The summed E-state index contributed by atoms with van der Waals surface area (Å²) in [5.74, 6) is -0.758. The molecule has 0 aliphatic carbocycles. The molecule has 28 heavy (non-hydrogen) atoms. The zero-order chi connectivity index (χ0) is 19.9. The lowest BCUT2D eigenvalue weighted by atomic mass is 10.0. The van der Waals surface area contributed by atoms with Gasteiger partial charge in [0.15, 0.2) is 11.8 Å². The second-order valence-corrected chi connectivity index (χ2v) is 7.37. The highest BCUT2D eigenvalue weighted by atomic mass is 32.1. The lowest BCUT2D eigenvalue weighted by Gasteiger charge is -2.16. The lowest BCUT2D eigenvalue weighted by Crippen LogP contribution is -2.37. The third kappa shape index (κ3) is 5.04. The van der Waals surface area contributed by atoms with Gasteiger partial charge in [0.1, 0.15) is 5.01 Å². The normalized spacial score (nSPS) is 12.8. The Balaban J connectivity index is 1.52. The Labute approximate surface area is 168 Å². The van der Waals surface area contributed by atoms with E-state index >= 15 is 0 Å². The number of carbonyl (C=O) groups is 2. The fraction of sp³-hybridized carbons (Fsp3) is 0.227. The molecule has 1 amide bonds. The van der Waals surface area contributed by atoms with Gasteiger partial charge in [-0.25, -0.2) is 9.78 Å². The van der Waals surface area contributed by atoms with Gasteiger partial charge >= 0.3 is 5.97 Å². The van der Waals surface area contributed by atoms with Crippen molar-refractivity contribution in [2.75, 3.05) is 6.54 Å². The van der Waals surface area contributed by atoms with Crippen LogP contribution >= 0.6 is 11.3 Å². The van der Waals surface area contributed by atoms with E-state index in [2.05, 4.69) is 10.3 Å². The summed E-state index contributed by atoms with van der Waals surface area (Å²) in [6, 6.07) is 19.5. The highest BCUT2D eigenvalue weighted by Gasteiger charge is 2.21. The van der Waals surface area contributed by atoms with Crippen LogP contribution in [-0.4, -0.2) is 29.5 Å².